The number of hydrogen-bond acceptors (Lipinski definition) is 2. The standard InChI is InChI=1S/C17H29NOS/c1-13(2)10-11-20(19)12-16(18)14-6-8-15(9-7-14)17(3,4)5/h6-9,13,16H,10-12,18H2,1-5H3. The topological polar surface area (TPSA) is 43.1 Å². The van der Waals surface area contributed by atoms with E-state index >= 15 is 0 Å². The molecule has 3 heteroatoms. The van der Waals surface area contributed by atoms with Crippen molar-refractivity contribution in [3.63, 3.8) is 0 Å². The summed E-state index contributed by atoms with van der Waals surface area (Å²) in [5.74, 6) is 1.91. The van der Waals surface area contributed by atoms with Crippen molar-refractivity contribution in [1.29, 1.82) is 0 Å². The van der Waals surface area contributed by atoms with E-state index in [0.717, 1.165) is 17.7 Å². The molecule has 1 aromatic rings. The fourth-order valence-corrected chi connectivity index (χ4v) is 3.47. The molecule has 2 nitrogen and oxygen atoms in total. The molecule has 0 bridgehead atoms. The highest BCUT2D eigenvalue weighted by molar-refractivity contribution is 7.85. The molecule has 0 aliphatic heterocycles. The van der Waals surface area contributed by atoms with Crippen LogP contribution in [0.1, 0.15) is 58.2 Å². The molecule has 0 saturated heterocycles. The fourth-order valence-electron chi connectivity index (χ4n) is 1.98. The maximum absolute atomic E-state index is 12.0. The van der Waals surface area contributed by atoms with E-state index in [0.29, 0.717) is 11.7 Å². The first kappa shape index (κ1) is 17.4. The Balaban J connectivity index is 2.60. The summed E-state index contributed by atoms with van der Waals surface area (Å²) in [6.07, 6.45) is 1.00. The van der Waals surface area contributed by atoms with Crippen LogP contribution in [0.25, 0.3) is 0 Å². The van der Waals surface area contributed by atoms with Crippen LogP contribution in [-0.2, 0) is 16.2 Å². The Morgan fingerprint density at radius 3 is 2.15 bits per heavy atom. The lowest BCUT2D eigenvalue weighted by Gasteiger charge is -2.20. The van der Waals surface area contributed by atoms with Gasteiger partial charge in [0, 0.05) is 28.3 Å². The Labute approximate surface area is 126 Å². The van der Waals surface area contributed by atoms with Gasteiger partial charge in [-0.2, -0.15) is 0 Å². The lowest BCUT2D eigenvalue weighted by Crippen LogP contribution is -2.20. The number of benzene rings is 1. The van der Waals surface area contributed by atoms with Gasteiger partial charge < -0.3 is 5.73 Å². The first-order valence-corrected chi connectivity index (χ1v) is 8.90. The van der Waals surface area contributed by atoms with Crippen molar-refractivity contribution in [3.8, 4) is 0 Å². The molecule has 0 aliphatic carbocycles. The molecule has 0 aliphatic rings. The summed E-state index contributed by atoms with van der Waals surface area (Å²) in [6.45, 7) is 10.9. The molecule has 0 fully saturated rings. The zero-order valence-electron chi connectivity index (χ0n) is 13.5. The molecule has 20 heavy (non-hydrogen) atoms. The van der Waals surface area contributed by atoms with Crippen LogP contribution in [0.15, 0.2) is 24.3 Å². The predicted octanol–water partition coefficient (Wildman–Crippen LogP) is 3.78. The maximum atomic E-state index is 12.0. The highest BCUT2D eigenvalue weighted by Gasteiger charge is 2.15. The van der Waals surface area contributed by atoms with Crippen molar-refractivity contribution in [2.24, 2.45) is 11.7 Å². The summed E-state index contributed by atoms with van der Waals surface area (Å²) >= 11 is 0. The third kappa shape index (κ3) is 5.76. The SMILES string of the molecule is CC(C)CCS(=O)CC(N)c1ccc(C(C)(C)C)cc1. The van der Waals surface area contributed by atoms with Gasteiger partial charge in [-0.25, -0.2) is 0 Å². The van der Waals surface area contributed by atoms with Gasteiger partial charge in [0.15, 0.2) is 0 Å². The van der Waals surface area contributed by atoms with Gasteiger partial charge in [-0.3, -0.25) is 4.21 Å². The smallest absolute Gasteiger partial charge is 0.0428 e. The van der Waals surface area contributed by atoms with Gasteiger partial charge in [-0.1, -0.05) is 58.9 Å². The van der Waals surface area contributed by atoms with Crippen LogP contribution in [0.4, 0.5) is 0 Å². The minimum Gasteiger partial charge on any atom is -0.323 e. The molecule has 114 valence electrons. The second kappa shape index (κ2) is 7.37. The van der Waals surface area contributed by atoms with E-state index in [1.807, 2.05) is 0 Å². The lowest BCUT2D eigenvalue weighted by molar-refractivity contribution is 0.589. The minimum atomic E-state index is -0.819. The van der Waals surface area contributed by atoms with E-state index in [4.69, 9.17) is 5.73 Å². The molecule has 0 spiro atoms. The normalized spacial score (nSPS) is 15.3. The van der Waals surface area contributed by atoms with Crippen molar-refractivity contribution in [2.75, 3.05) is 11.5 Å². The number of rotatable bonds is 6. The zero-order chi connectivity index (χ0) is 15.3. The second-order valence-corrected chi connectivity index (χ2v) is 8.59. The molecule has 0 saturated carbocycles. The van der Waals surface area contributed by atoms with Gasteiger partial charge in [-0.15, -0.1) is 0 Å². The predicted molar refractivity (Wildman–Crippen MR) is 89.4 cm³/mol. The number of nitrogens with two attached hydrogens (primary N) is 1. The molecule has 0 aromatic heterocycles. The van der Waals surface area contributed by atoms with Crippen molar-refractivity contribution in [1.82, 2.24) is 0 Å². The van der Waals surface area contributed by atoms with Crippen LogP contribution >= 0.6 is 0 Å². The van der Waals surface area contributed by atoms with Crippen molar-refractivity contribution in [2.45, 2.75) is 52.5 Å². The van der Waals surface area contributed by atoms with Gasteiger partial charge in [0.05, 0.1) is 0 Å². The Morgan fingerprint density at radius 1 is 1.15 bits per heavy atom. The molecule has 1 aromatic carbocycles. The molecule has 2 unspecified atom stereocenters. The first-order chi connectivity index (χ1) is 9.20. The van der Waals surface area contributed by atoms with Crippen molar-refractivity contribution >= 4 is 10.8 Å². The Morgan fingerprint density at radius 2 is 1.70 bits per heavy atom. The van der Waals surface area contributed by atoms with E-state index in [1.165, 1.54) is 5.56 Å². The fraction of sp³-hybridized carbons (Fsp3) is 0.647. The maximum Gasteiger partial charge on any atom is 0.0428 e. The quantitative estimate of drug-likeness (QED) is 0.868. The zero-order valence-corrected chi connectivity index (χ0v) is 14.3. The third-order valence-electron chi connectivity index (χ3n) is 3.49. The van der Waals surface area contributed by atoms with Gasteiger partial charge in [0.2, 0.25) is 0 Å². The summed E-state index contributed by atoms with van der Waals surface area (Å²) in [5.41, 5.74) is 8.70. The van der Waals surface area contributed by atoms with Crippen LogP contribution < -0.4 is 5.73 Å². The second-order valence-electron chi connectivity index (χ2n) is 6.97. The Bertz CT molecular complexity index is 431. The van der Waals surface area contributed by atoms with Crippen LogP contribution in [0, 0.1) is 5.92 Å². The largest absolute Gasteiger partial charge is 0.323 e. The van der Waals surface area contributed by atoms with Gasteiger partial charge in [-0.05, 0) is 28.9 Å². The molecule has 1 rings (SSSR count). The highest BCUT2D eigenvalue weighted by atomic mass is 32.2. The Kier molecular flexibility index (Phi) is 6.41. The van der Waals surface area contributed by atoms with Crippen molar-refractivity contribution < 1.29 is 4.21 Å². The van der Waals surface area contributed by atoms with E-state index in [2.05, 4.69) is 58.9 Å². The molecule has 2 N–H and O–H groups in total. The third-order valence-corrected chi connectivity index (χ3v) is 4.92. The average Bonchev–Trinajstić information content (AvgIpc) is 2.35. The molecular formula is C17H29NOS. The lowest BCUT2D eigenvalue weighted by atomic mass is 9.86. The van der Waals surface area contributed by atoms with Crippen molar-refractivity contribution in [3.05, 3.63) is 35.4 Å². The van der Waals surface area contributed by atoms with E-state index in [9.17, 15) is 4.21 Å². The first-order valence-electron chi connectivity index (χ1n) is 7.41. The number of hydrogen-bond donors (Lipinski definition) is 1. The molecule has 0 amide bonds. The van der Waals surface area contributed by atoms with Gasteiger partial charge in [0.1, 0.15) is 0 Å². The monoisotopic (exact) mass is 295 g/mol. The average molecular weight is 295 g/mol. The van der Waals surface area contributed by atoms with Gasteiger partial charge >= 0.3 is 0 Å². The summed E-state index contributed by atoms with van der Waals surface area (Å²) in [6, 6.07) is 8.28. The van der Waals surface area contributed by atoms with Gasteiger partial charge in [0.25, 0.3) is 0 Å². The highest BCUT2D eigenvalue weighted by Crippen LogP contribution is 2.23. The summed E-state index contributed by atoms with van der Waals surface area (Å²) < 4.78 is 12.0. The Hall–Kier alpha value is -0.670. The van der Waals surface area contributed by atoms with E-state index < -0.39 is 10.8 Å². The summed E-state index contributed by atoms with van der Waals surface area (Å²) in [7, 11) is -0.819. The summed E-state index contributed by atoms with van der Waals surface area (Å²) in [5, 5.41) is 0. The van der Waals surface area contributed by atoms with Crippen LogP contribution in [0.5, 0.6) is 0 Å². The van der Waals surface area contributed by atoms with Crippen LogP contribution in [-0.4, -0.2) is 15.7 Å². The minimum absolute atomic E-state index is 0.128. The summed E-state index contributed by atoms with van der Waals surface area (Å²) in [4.78, 5) is 0. The van der Waals surface area contributed by atoms with Crippen LogP contribution in [0.2, 0.25) is 0 Å². The van der Waals surface area contributed by atoms with E-state index in [1.54, 1.807) is 0 Å². The molecule has 0 radical (unpaired) electrons. The van der Waals surface area contributed by atoms with Crippen LogP contribution in [0.3, 0.4) is 0 Å². The molecule has 2 atom stereocenters. The molecular weight excluding hydrogens is 266 g/mol. The van der Waals surface area contributed by atoms with E-state index in [-0.39, 0.29) is 11.5 Å². The molecule has 0 heterocycles.